The topological polar surface area (TPSA) is 107 Å². The summed E-state index contributed by atoms with van der Waals surface area (Å²) in [5.74, 6) is -0.493. The van der Waals surface area contributed by atoms with Crippen molar-refractivity contribution in [2.75, 3.05) is 5.32 Å². The van der Waals surface area contributed by atoms with Crippen LogP contribution >= 0.6 is 22.7 Å². The Morgan fingerprint density at radius 1 is 1.10 bits per heavy atom. The average Bonchev–Trinajstić information content (AvgIpc) is 3.39. The number of thiazole rings is 1. The molecule has 0 fully saturated rings. The molecule has 2 aromatic carbocycles. The molecule has 1 amide bonds. The summed E-state index contributed by atoms with van der Waals surface area (Å²) in [6.45, 7) is 3.77. The number of amides is 1. The van der Waals surface area contributed by atoms with Gasteiger partial charge in [-0.2, -0.15) is 0 Å². The van der Waals surface area contributed by atoms with Gasteiger partial charge in [-0.05, 0) is 31.5 Å². The lowest BCUT2D eigenvalue weighted by molar-refractivity contribution is 0.0992. The van der Waals surface area contributed by atoms with E-state index in [0.29, 0.717) is 10.7 Å². The van der Waals surface area contributed by atoms with E-state index in [1.807, 2.05) is 55.6 Å². The van der Waals surface area contributed by atoms with Crippen LogP contribution in [-0.4, -0.2) is 21.1 Å². The second-order valence-corrected chi connectivity index (χ2v) is 8.28. The van der Waals surface area contributed by atoms with Crippen molar-refractivity contribution in [3.8, 4) is 11.3 Å². The van der Waals surface area contributed by atoms with Gasteiger partial charge in [0.25, 0.3) is 0 Å². The van der Waals surface area contributed by atoms with Crippen LogP contribution in [0.15, 0.2) is 64.1 Å². The number of carbonyl (C=O) groups excluding carboxylic acids is 1. The largest absolute Gasteiger partial charge is 0.360 e. The number of anilines is 2. The Labute approximate surface area is 180 Å². The molecule has 0 aliphatic heterocycles. The van der Waals surface area contributed by atoms with Crippen molar-refractivity contribution in [3.63, 3.8) is 0 Å². The Bertz CT molecular complexity index is 1260. The number of aryl methyl sites for hydroxylation is 2. The fourth-order valence-electron chi connectivity index (χ4n) is 2.56. The van der Waals surface area contributed by atoms with Crippen LogP contribution in [0.4, 0.5) is 16.0 Å². The molecule has 0 aliphatic rings. The highest BCUT2D eigenvalue weighted by atomic mass is 32.1. The lowest BCUT2D eigenvalue weighted by atomic mass is 10.1. The second-order valence-electron chi connectivity index (χ2n) is 6.26. The number of nitrogens with zero attached hydrogens (tertiary/aromatic N) is 6. The zero-order chi connectivity index (χ0) is 20.9. The quantitative estimate of drug-likeness (QED) is 0.331. The zero-order valence-electron chi connectivity index (χ0n) is 16.1. The van der Waals surface area contributed by atoms with Crippen LogP contribution in [0.5, 0.6) is 0 Å². The summed E-state index contributed by atoms with van der Waals surface area (Å²) < 4.78 is 0. The van der Waals surface area contributed by atoms with Crippen molar-refractivity contribution < 1.29 is 4.79 Å². The Morgan fingerprint density at radius 3 is 2.70 bits per heavy atom. The molecule has 148 valence electrons. The predicted octanol–water partition coefficient (Wildman–Crippen LogP) is 5.47. The lowest BCUT2D eigenvalue weighted by Crippen LogP contribution is -1.99. The van der Waals surface area contributed by atoms with Crippen LogP contribution in [-0.2, 0) is 0 Å². The molecule has 0 atom stereocenters. The molecule has 1 N–H and O–H groups in total. The molecule has 8 nitrogen and oxygen atoms in total. The molecule has 0 radical (unpaired) electrons. The summed E-state index contributed by atoms with van der Waals surface area (Å²) in [6.07, 6.45) is 0. The molecular formula is C20H16N7OS2+. The molecule has 30 heavy (non-hydrogen) atoms. The predicted molar refractivity (Wildman–Crippen MR) is 118 cm³/mol. The Kier molecular flexibility index (Phi) is 5.80. The summed E-state index contributed by atoms with van der Waals surface area (Å²) >= 11 is 2.77. The van der Waals surface area contributed by atoms with Gasteiger partial charge in [-0.3, -0.25) is 4.79 Å². The smallest absolute Gasteiger partial charge is 0.331 e. The SMILES string of the molecule is Cc1nnc(N=[N+]=NC(=O)c2ccc(C)c(Nc3nc(-c4ccccc4)cs3)c2)s1. The minimum absolute atomic E-state index is 0.355. The van der Waals surface area contributed by atoms with Crippen molar-refractivity contribution in [3.05, 3.63) is 70.0 Å². The van der Waals surface area contributed by atoms with Crippen LogP contribution in [0, 0.1) is 13.8 Å². The van der Waals surface area contributed by atoms with Crippen molar-refractivity contribution in [2.24, 2.45) is 10.2 Å². The molecule has 4 aromatic rings. The standard InChI is InChI=1S/C20H16N7OS2/c1-12-8-9-15(18(28)24-27-26-20-25-23-13(2)30-20)10-16(12)21-19-22-17(11-29-19)14-6-4-3-5-7-14/h3-11H,1-2H3,(H,21,22)/q+1. The van der Waals surface area contributed by atoms with E-state index in [9.17, 15) is 4.79 Å². The highest BCUT2D eigenvalue weighted by Crippen LogP contribution is 2.28. The Hall–Kier alpha value is -3.59. The van der Waals surface area contributed by atoms with E-state index in [4.69, 9.17) is 0 Å². The van der Waals surface area contributed by atoms with Crippen LogP contribution in [0.25, 0.3) is 11.3 Å². The third kappa shape index (κ3) is 4.69. The monoisotopic (exact) mass is 434 g/mol. The zero-order valence-corrected chi connectivity index (χ0v) is 17.7. The Morgan fingerprint density at radius 2 is 1.93 bits per heavy atom. The van der Waals surface area contributed by atoms with Gasteiger partial charge in [-0.25, -0.2) is 4.98 Å². The molecule has 0 unspecified atom stereocenters. The molecule has 0 saturated carbocycles. The van der Waals surface area contributed by atoms with Gasteiger partial charge in [0.05, 0.1) is 11.3 Å². The van der Waals surface area contributed by atoms with Crippen LogP contribution in [0.2, 0.25) is 0 Å². The highest BCUT2D eigenvalue weighted by molar-refractivity contribution is 7.14. The van der Waals surface area contributed by atoms with Gasteiger partial charge >= 0.3 is 11.0 Å². The van der Waals surface area contributed by atoms with E-state index < -0.39 is 5.91 Å². The Balaban J connectivity index is 1.51. The average molecular weight is 435 g/mol. The maximum atomic E-state index is 12.4. The van der Waals surface area contributed by atoms with Crippen molar-refractivity contribution in [2.45, 2.75) is 13.8 Å². The van der Waals surface area contributed by atoms with Gasteiger partial charge in [-0.1, -0.05) is 47.7 Å². The summed E-state index contributed by atoms with van der Waals surface area (Å²) in [5.41, 5.74) is 4.11. The molecule has 4 rings (SSSR count). The van der Waals surface area contributed by atoms with Gasteiger partial charge in [0, 0.05) is 16.6 Å². The number of hydrogen-bond acceptors (Lipinski definition) is 8. The van der Waals surface area contributed by atoms with E-state index in [1.165, 1.54) is 22.7 Å². The number of aromatic nitrogens is 3. The second kappa shape index (κ2) is 8.83. The molecular weight excluding hydrogens is 418 g/mol. The number of rotatable bonds is 5. The molecule has 0 spiro atoms. The van der Waals surface area contributed by atoms with Crippen molar-refractivity contribution in [1.29, 1.82) is 0 Å². The first kappa shape index (κ1) is 19.7. The third-order valence-electron chi connectivity index (χ3n) is 4.08. The molecule has 2 aromatic heterocycles. The fourth-order valence-corrected chi connectivity index (χ4v) is 3.80. The van der Waals surface area contributed by atoms with Crippen LogP contribution in [0.1, 0.15) is 20.9 Å². The van der Waals surface area contributed by atoms with E-state index in [-0.39, 0.29) is 0 Å². The number of benzene rings is 2. The van der Waals surface area contributed by atoms with Crippen molar-refractivity contribution in [1.82, 2.24) is 20.1 Å². The number of carbonyl (C=O) groups is 1. The summed E-state index contributed by atoms with van der Waals surface area (Å²) in [5, 5.41) is 22.2. The summed E-state index contributed by atoms with van der Waals surface area (Å²) in [4.78, 5) is 20.6. The lowest BCUT2D eigenvalue weighted by Gasteiger charge is -2.07. The number of nitrogens with one attached hydrogen (secondary N) is 1. The summed E-state index contributed by atoms with van der Waals surface area (Å²) in [7, 11) is 0. The molecule has 0 bridgehead atoms. The van der Waals surface area contributed by atoms with Gasteiger partial charge in [0.15, 0.2) is 10.2 Å². The first-order chi connectivity index (χ1) is 14.6. The van der Waals surface area contributed by atoms with Crippen molar-refractivity contribution >= 4 is 44.5 Å². The van der Waals surface area contributed by atoms with Crippen LogP contribution < -0.4 is 10.2 Å². The minimum atomic E-state index is -0.493. The van der Waals surface area contributed by atoms with E-state index in [0.717, 1.165) is 32.6 Å². The molecule has 0 saturated heterocycles. The normalized spacial score (nSPS) is 10.3. The highest BCUT2D eigenvalue weighted by Gasteiger charge is 2.13. The summed E-state index contributed by atoms with van der Waals surface area (Å²) in [6, 6.07) is 15.2. The molecule has 0 aliphatic carbocycles. The van der Waals surface area contributed by atoms with Gasteiger partial charge in [0.2, 0.25) is 10.0 Å². The van der Waals surface area contributed by atoms with Gasteiger partial charge in [0.1, 0.15) is 5.01 Å². The van der Waals surface area contributed by atoms with E-state index >= 15 is 0 Å². The molecule has 10 heteroatoms. The fraction of sp³-hybridized carbons (Fsp3) is 0.100. The maximum absolute atomic E-state index is 12.4. The number of hydrogen-bond donors (Lipinski definition) is 1. The van der Waals surface area contributed by atoms with Gasteiger partial charge < -0.3 is 5.32 Å². The third-order valence-corrected chi connectivity index (χ3v) is 5.56. The first-order valence-electron chi connectivity index (χ1n) is 8.93. The van der Waals surface area contributed by atoms with E-state index in [1.54, 1.807) is 12.1 Å². The molecule has 2 heterocycles. The van der Waals surface area contributed by atoms with Gasteiger partial charge in [-0.15, -0.1) is 21.5 Å². The van der Waals surface area contributed by atoms with E-state index in [2.05, 4.69) is 35.6 Å². The minimum Gasteiger partial charge on any atom is -0.331 e. The van der Waals surface area contributed by atoms with Crippen LogP contribution in [0.3, 0.4) is 0 Å². The first-order valence-corrected chi connectivity index (χ1v) is 10.6. The maximum Gasteiger partial charge on any atom is 0.360 e.